The number of hydrogen-bond acceptors (Lipinski definition) is 2. The van der Waals surface area contributed by atoms with Crippen LogP contribution in [0.4, 0.5) is 0 Å². The van der Waals surface area contributed by atoms with Crippen molar-refractivity contribution in [1.82, 2.24) is 10.2 Å². The van der Waals surface area contributed by atoms with Gasteiger partial charge in [0.2, 0.25) is 11.8 Å². The molecule has 0 radical (unpaired) electrons. The second-order valence-electron chi connectivity index (χ2n) is 8.02. The Morgan fingerprint density at radius 2 is 1.23 bits per heavy atom. The highest BCUT2D eigenvalue weighted by Crippen LogP contribution is 2.17. The minimum atomic E-state index is -0.596. The molecule has 0 saturated carbocycles. The van der Waals surface area contributed by atoms with Crippen molar-refractivity contribution in [3.8, 4) is 0 Å². The Bertz CT molecular complexity index is 956. The average Bonchev–Trinajstić information content (AvgIpc) is 2.81. The van der Waals surface area contributed by atoms with E-state index in [2.05, 4.69) is 5.32 Å². The lowest BCUT2D eigenvalue weighted by Crippen LogP contribution is -2.51. The molecule has 0 aliphatic carbocycles. The summed E-state index contributed by atoms with van der Waals surface area (Å²) in [6.45, 7) is 4.58. The smallest absolute Gasteiger partial charge is 0.243 e. The molecule has 4 heteroatoms. The number of carbonyl (C=O) groups excluding carboxylic acids is 2. The largest absolute Gasteiger partial charge is 0.350 e. The highest BCUT2D eigenvalue weighted by Gasteiger charge is 2.31. The predicted octanol–water partition coefficient (Wildman–Crippen LogP) is 4.60. The molecule has 0 fully saturated rings. The topological polar surface area (TPSA) is 49.4 Å². The zero-order chi connectivity index (χ0) is 22.1. The summed E-state index contributed by atoms with van der Waals surface area (Å²) < 4.78 is 0. The van der Waals surface area contributed by atoms with E-state index in [1.807, 2.05) is 105 Å². The van der Waals surface area contributed by atoms with Crippen LogP contribution in [0.1, 0.15) is 30.5 Å². The standard InChI is InChI=1S/C27H30N2O2/c1-21(2)27(31)29(20-24-16-10-5-11-17-24)25(18-22-12-6-3-7-13-22)26(30)28-19-23-14-8-4-9-15-23/h3-17,21,25H,18-20H2,1-2H3,(H,28,30)/t25-/m1/s1. The first-order valence-corrected chi connectivity index (χ1v) is 10.7. The van der Waals surface area contributed by atoms with Gasteiger partial charge in [0.1, 0.15) is 6.04 Å². The maximum absolute atomic E-state index is 13.4. The molecule has 3 aromatic rings. The van der Waals surface area contributed by atoms with E-state index in [4.69, 9.17) is 0 Å². The zero-order valence-electron chi connectivity index (χ0n) is 18.2. The summed E-state index contributed by atoms with van der Waals surface area (Å²) >= 11 is 0. The minimum Gasteiger partial charge on any atom is -0.350 e. The van der Waals surface area contributed by atoms with Crippen molar-refractivity contribution in [3.63, 3.8) is 0 Å². The molecule has 0 heterocycles. The SMILES string of the molecule is CC(C)C(=O)N(Cc1ccccc1)[C@H](Cc1ccccc1)C(=O)NCc1ccccc1. The van der Waals surface area contributed by atoms with Crippen LogP contribution >= 0.6 is 0 Å². The fourth-order valence-corrected chi connectivity index (χ4v) is 3.54. The quantitative estimate of drug-likeness (QED) is 0.556. The molecule has 0 spiro atoms. The second-order valence-corrected chi connectivity index (χ2v) is 8.02. The summed E-state index contributed by atoms with van der Waals surface area (Å²) in [5, 5.41) is 3.05. The molecule has 0 aromatic heterocycles. The van der Waals surface area contributed by atoms with E-state index < -0.39 is 6.04 Å². The van der Waals surface area contributed by atoms with Gasteiger partial charge in [0.05, 0.1) is 0 Å². The van der Waals surface area contributed by atoms with Gasteiger partial charge in [0.15, 0.2) is 0 Å². The van der Waals surface area contributed by atoms with Gasteiger partial charge in [-0.15, -0.1) is 0 Å². The monoisotopic (exact) mass is 414 g/mol. The van der Waals surface area contributed by atoms with E-state index in [-0.39, 0.29) is 17.7 Å². The molecule has 1 atom stereocenters. The summed E-state index contributed by atoms with van der Waals surface area (Å²) in [5.41, 5.74) is 3.06. The molecular weight excluding hydrogens is 384 g/mol. The van der Waals surface area contributed by atoms with Crippen molar-refractivity contribution >= 4 is 11.8 Å². The number of carbonyl (C=O) groups is 2. The van der Waals surface area contributed by atoms with E-state index in [0.29, 0.717) is 19.5 Å². The first-order chi connectivity index (χ1) is 15.0. The van der Waals surface area contributed by atoms with Crippen LogP contribution in [-0.4, -0.2) is 22.8 Å². The van der Waals surface area contributed by atoms with Crippen LogP contribution in [0.2, 0.25) is 0 Å². The Hall–Kier alpha value is -3.40. The Morgan fingerprint density at radius 1 is 0.742 bits per heavy atom. The number of rotatable bonds is 9. The van der Waals surface area contributed by atoms with E-state index in [1.54, 1.807) is 4.90 Å². The van der Waals surface area contributed by atoms with Gasteiger partial charge in [-0.05, 0) is 16.7 Å². The van der Waals surface area contributed by atoms with Crippen LogP contribution in [0.25, 0.3) is 0 Å². The molecule has 2 amide bonds. The van der Waals surface area contributed by atoms with E-state index in [9.17, 15) is 9.59 Å². The number of nitrogens with one attached hydrogen (secondary N) is 1. The van der Waals surface area contributed by atoms with Gasteiger partial charge in [-0.25, -0.2) is 0 Å². The van der Waals surface area contributed by atoms with E-state index in [0.717, 1.165) is 16.7 Å². The summed E-state index contributed by atoms with van der Waals surface area (Å²) in [4.78, 5) is 28.3. The Balaban J connectivity index is 1.88. The summed E-state index contributed by atoms with van der Waals surface area (Å²) in [6.07, 6.45) is 0.465. The molecule has 1 N–H and O–H groups in total. The van der Waals surface area contributed by atoms with Gasteiger partial charge in [0.25, 0.3) is 0 Å². The fraction of sp³-hybridized carbons (Fsp3) is 0.259. The molecule has 160 valence electrons. The van der Waals surface area contributed by atoms with Gasteiger partial charge < -0.3 is 10.2 Å². The highest BCUT2D eigenvalue weighted by molar-refractivity contribution is 5.88. The van der Waals surface area contributed by atoms with Gasteiger partial charge in [-0.1, -0.05) is 105 Å². The second kappa shape index (κ2) is 11.1. The van der Waals surface area contributed by atoms with Crippen LogP contribution in [-0.2, 0) is 29.1 Å². The van der Waals surface area contributed by atoms with Gasteiger partial charge >= 0.3 is 0 Å². The first kappa shape index (κ1) is 22.3. The third-order valence-electron chi connectivity index (χ3n) is 5.23. The highest BCUT2D eigenvalue weighted by atomic mass is 16.2. The minimum absolute atomic E-state index is 0.0281. The fourth-order valence-electron chi connectivity index (χ4n) is 3.54. The van der Waals surface area contributed by atoms with Gasteiger partial charge in [-0.3, -0.25) is 9.59 Å². The van der Waals surface area contributed by atoms with Crippen molar-refractivity contribution in [2.75, 3.05) is 0 Å². The molecule has 3 rings (SSSR count). The molecule has 0 saturated heterocycles. The molecular formula is C27H30N2O2. The van der Waals surface area contributed by atoms with Crippen LogP contribution in [0, 0.1) is 5.92 Å². The molecule has 0 unspecified atom stereocenters. The first-order valence-electron chi connectivity index (χ1n) is 10.7. The summed E-state index contributed by atoms with van der Waals surface area (Å²) in [6, 6.07) is 28.9. The Kier molecular flexibility index (Phi) is 7.99. The van der Waals surface area contributed by atoms with Crippen LogP contribution in [0.5, 0.6) is 0 Å². The van der Waals surface area contributed by atoms with Crippen molar-refractivity contribution in [1.29, 1.82) is 0 Å². The van der Waals surface area contributed by atoms with Gasteiger partial charge in [-0.2, -0.15) is 0 Å². The molecule has 0 bridgehead atoms. The average molecular weight is 415 g/mol. The number of hydrogen-bond donors (Lipinski definition) is 1. The van der Waals surface area contributed by atoms with E-state index >= 15 is 0 Å². The number of amides is 2. The third-order valence-corrected chi connectivity index (χ3v) is 5.23. The lowest BCUT2D eigenvalue weighted by molar-refractivity contribution is -0.143. The molecule has 0 aliphatic rings. The maximum Gasteiger partial charge on any atom is 0.243 e. The number of benzene rings is 3. The predicted molar refractivity (Wildman–Crippen MR) is 124 cm³/mol. The lowest BCUT2D eigenvalue weighted by atomic mass is 10.0. The summed E-state index contributed by atoms with van der Waals surface area (Å²) in [5.74, 6) is -0.374. The van der Waals surface area contributed by atoms with Crippen LogP contribution < -0.4 is 5.32 Å². The molecule has 3 aromatic carbocycles. The Morgan fingerprint density at radius 3 is 1.74 bits per heavy atom. The van der Waals surface area contributed by atoms with Crippen molar-refractivity contribution < 1.29 is 9.59 Å². The number of nitrogens with zero attached hydrogens (tertiary/aromatic N) is 1. The lowest BCUT2D eigenvalue weighted by Gasteiger charge is -2.32. The van der Waals surface area contributed by atoms with Gasteiger partial charge in [0, 0.05) is 25.4 Å². The van der Waals surface area contributed by atoms with Crippen molar-refractivity contribution in [2.24, 2.45) is 5.92 Å². The van der Waals surface area contributed by atoms with Crippen molar-refractivity contribution in [2.45, 2.75) is 39.4 Å². The molecule has 31 heavy (non-hydrogen) atoms. The van der Waals surface area contributed by atoms with E-state index in [1.165, 1.54) is 0 Å². The Labute approximate surface area is 184 Å². The normalized spacial score (nSPS) is 11.7. The molecule has 0 aliphatic heterocycles. The molecule has 4 nitrogen and oxygen atoms in total. The maximum atomic E-state index is 13.4. The third kappa shape index (κ3) is 6.54. The van der Waals surface area contributed by atoms with Crippen LogP contribution in [0.15, 0.2) is 91.0 Å². The van der Waals surface area contributed by atoms with Crippen LogP contribution in [0.3, 0.4) is 0 Å². The zero-order valence-corrected chi connectivity index (χ0v) is 18.2. The van der Waals surface area contributed by atoms with Crippen molar-refractivity contribution in [3.05, 3.63) is 108 Å². The summed E-state index contributed by atoms with van der Waals surface area (Å²) in [7, 11) is 0.